The third-order valence-electron chi connectivity index (χ3n) is 3.82. The lowest BCUT2D eigenvalue weighted by Crippen LogP contribution is -2.64. The van der Waals surface area contributed by atoms with Gasteiger partial charge in [-0.25, -0.2) is 0 Å². The summed E-state index contributed by atoms with van der Waals surface area (Å²) in [6, 6.07) is 2.63. The quantitative estimate of drug-likeness (QED) is 0.860. The first-order valence-corrected chi connectivity index (χ1v) is 7.51. The molecule has 2 saturated heterocycles. The Morgan fingerprint density at radius 1 is 1.39 bits per heavy atom. The monoisotopic (exact) mass is 265 g/mol. The molecule has 0 aromatic carbocycles. The first-order chi connectivity index (χ1) is 8.83. The minimum Gasteiger partial charge on any atom is -0.339 e. The fraction of sp³-hybridized carbons (Fsp3) is 0.615. The van der Waals surface area contributed by atoms with Crippen LogP contribution in [0.15, 0.2) is 16.8 Å². The lowest BCUT2D eigenvalue weighted by molar-refractivity contribution is -0.138. The lowest BCUT2D eigenvalue weighted by atomic mass is 10.0. The smallest absolute Gasteiger partial charge is 0.227 e. The van der Waals surface area contributed by atoms with Gasteiger partial charge in [0.1, 0.15) is 0 Å². The van der Waals surface area contributed by atoms with Gasteiger partial charge in [0.05, 0.1) is 6.42 Å². The average molecular weight is 265 g/mol. The fourth-order valence-electron chi connectivity index (χ4n) is 2.62. The Morgan fingerprint density at radius 2 is 2.17 bits per heavy atom. The van der Waals surface area contributed by atoms with Crippen molar-refractivity contribution in [3.63, 3.8) is 0 Å². The molecular weight excluding hydrogens is 246 g/mol. The Morgan fingerprint density at radius 3 is 2.83 bits per heavy atom. The van der Waals surface area contributed by atoms with Crippen LogP contribution in [0.4, 0.5) is 0 Å². The Labute approximate surface area is 112 Å². The molecule has 0 atom stereocenters. The maximum absolute atomic E-state index is 12.0. The summed E-state index contributed by atoms with van der Waals surface area (Å²) in [7, 11) is 0. The predicted octanol–water partition coefficient (Wildman–Crippen LogP) is 0.407. The molecular formula is C13H19N3OS. The molecule has 4 nitrogen and oxygen atoms in total. The van der Waals surface area contributed by atoms with Gasteiger partial charge in [-0.3, -0.25) is 9.69 Å². The van der Waals surface area contributed by atoms with Gasteiger partial charge >= 0.3 is 0 Å². The number of likely N-dealkylation sites (tertiary alicyclic amines) is 1. The highest BCUT2D eigenvalue weighted by molar-refractivity contribution is 7.07. The molecule has 1 aromatic rings. The zero-order valence-electron chi connectivity index (χ0n) is 10.5. The van der Waals surface area contributed by atoms with Gasteiger partial charge in [0.25, 0.3) is 0 Å². The predicted molar refractivity (Wildman–Crippen MR) is 72.8 cm³/mol. The highest BCUT2D eigenvalue weighted by Crippen LogP contribution is 2.17. The van der Waals surface area contributed by atoms with Crippen molar-refractivity contribution >= 4 is 17.2 Å². The number of thiophene rings is 1. The molecule has 3 rings (SSSR count). The van der Waals surface area contributed by atoms with Gasteiger partial charge in [-0.15, -0.1) is 0 Å². The SMILES string of the molecule is O=C(Cc1ccsc1)N1CC(N2CCNCC2)C1. The van der Waals surface area contributed by atoms with Gasteiger partial charge in [0, 0.05) is 45.3 Å². The number of amides is 1. The molecule has 2 aliphatic heterocycles. The minimum absolute atomic E-state index is 0.278. The maximum Gasteiger partial charge on any atom is 0.227 e. The number of piperazine rings is 1. The van der Waals surface area contributed by atoms with Crippen molar-refractivity contribution in [1.82, 2.24) is 15.1 Å². The van der Waals surface area contributed by atoms with Crippen molar-refractivity contribution in [2.75, 3.05) is 39.3 Å². The summed E-state index contributed by atoms with van der Waals surface area (Å²) in [5.41, 5.74) is 1.15. The molecule has 98 valence electrons. The van der Waals surface area contributed by atoms with Gasteiger partial charge in [-0.1, -0.05) is 0 Å². The van der Waals surface area contributed by atoms with Crippen molar-refractivity contribution in [2.24, 2.45) is 0 Å². The van der Waals surface area contributed by atoms with Crippen molar-refractivity contribution in [1.29, 1.82) is 0 Å². The molecule has 0 saturated carbocycles. The van der Waals surface area contributed by atoms with Crippen LogP contribution in [0, 0.1) is 0 Å². The first-order valence-electron chi connectivity index (χ1n) is 6.56. The standard InChI is InChI=1S/C13H19N3OS/c17-13(7-11-1-6-18-10-11)16-8-12(9-16)15-4-2-14-3-5-15/h1,6,10,12,14H,2-5,7-9H2. The van der Waals surface area contributed by atoms with E-state index >= 15 is 0 Å². The Balaban J connectivity index is 1.45. The van der Waals surface area contributed by atoms with E-state index in [2.05, 4.69) is 15.6 Å². The zero-order valence-corrected chi connectivity index (χ0v) is 11.3. The van der Waals surface area contributed by atoms with E-state index in [0.29, 0.717) is 12.5 Å². The van der Waals surface area contributed by atoms with E-state index in [1.807, 2.05) is 16.3 Å². The molecule has 0 bridgehead atoms. The highest BCUT2D eigenvalue weighted by atomic mass is 32.1. The molecule has 1 N–H and O–H groups in total. The molecule has 0 radical (unpaired) electrons. The van der Waals surface area contributed by atoms with Gasteiger partial charge in [-0.2, -0.15) is 11.3 Å². The van der Waals surface area contributed by atoms with E-state index in [9.17, 15) is 4.79 Å². The van der Waals surface area contributed by atoms with Crippen molar-refractivity contribution in [3.8, 4) is 0 Å². The van der Waals surface area contributed by atoms with E-state index in [1.54, 1.807) is 11.3 Å². The first kappa shape index (κ1) is 12.1. The van der Waals surface area contributed by atoms with Crippen molar-refractivity contribution in [2.45, 2.75) is 12.5 Å². The van der Waals surface area contributed by atoms with Crippen LogP contribution in [-0.4, -0.2) is 61.0 Å². The van der Waals surface area contributed by atoms with E-state index < -0.39 is 0 Å². The largest absolute Gasteiger partial charge is 0.339 e. The summed E-state index contributed by atoms with van der Waals surface area (Å²) in [5, 5.41) is 7.45. The number of hydrogen-bond donors (Lipinski definition) is 1. The van der Waals surface area contributed by atoms with Crippen LogP contribution in [0.25, 0.3) is 0 Å². The van der Waals surface area contributed by atoms with Crippen LogP contribution in [0.3, 0.4) is 0 Å². The number of carbonyl (C=O) groups excluding carboxylic acids is 1. The number of nitrogens with zero attached hydrogens (tertiary/aromatic N) is 2. The normalized spacial score (nSPS) is 21.9. The van der Waals surface area contributed by atoms with Crippen molar-refractivity contribution < 1.29 is 4.79 Å². The Kier molecular flexibility index (Phi) is 3.63. The number of hydrogen-bond acceptors (Lipinski definition) is 4. The summed E-state index contributed by atoms with van der Waals surface area (Å²) >= 11 is 1.66. The van der Waals surface area contributed by atoms with E-state index in [4.69, 9.17) is 0 Å². The summed E-state index contributed by atoms with van der Waals surface area (Å²) < 4.78 is 0. The average Bonchev–Trinajstić information content (AvgIpc) is 2.81. The molecule has 2 fully saturated rings. The molecule has 0 unspecified atom stereocenters. The van der Waals surface area contributed by atoms with Crippen LogP contribution < -0.4 is 5.32 Å². The molecule has 5 heteroatoms. The Hall–Kier alpha value is -0.910. The summed E-state index contributed by atoms with van der Waals surface area (Å²) in [4.78, 5) is 16.5. The molecule has 2 aliphatic rings. The van der Waals surface area contributed by atoms with Crippen LogP contribution in [-0.2, 0) is 11.2 Å². The second kappa shape index (κ2) is 5.38. The highest BCUT2D eigenvalue weighted by Gasteiger charge is 2.34. The van der Waals surface area contributed by atoms with E-state index in [0.717, 1.165) is 44.8 Å². The van der Waals surface area contributed by atoms with Crippen molar-refractivity contribution in [3.05, 3.63) is 22.4 Å². The molecule has 3 heterocycles. The number of carbonyl (C=O) groups is 1. The van der Waals surface area contributed by atoms with Crippen LogP contribution >= 0.6 is 11.3 Å². The van der Waals surface area contributed by atoms with Crippen LogP contribution in [0.2, 0.25) is 0 Å². The third-order valence-corrected chi connectivity index (χ3v) is 4.55. The second-order valence-electron chi connectivity index (χ2n) is 5.05. The molecule has 18 heavy (non-hydrogen) atoms. The molecule has 1 amide bonds. The molecule has 0 spiro atoms. The topological polar surface area (TPSA) is 35.6 Å². The van der Waals surface area contributed by atoms with Gasteiger partial charge in [0.15, 0.2) is 0 Å². The van der Waals surface area contributed by atoms with Crippen LogP contribution in [0.1, 0.15) is 5.56 Å². The van der Waals surface area contributed by atoms with Gasteiger partial charge in [0.2, 0.25) is 5.91 Å². The van der Waals surface area contributed by atoms with Gasteiger partial charge in [-0.05, 0) is 22.4 Å². The summed E-state index contributed by atoms with van der Waals surface area (Å²) in [6.45, 7) is 6.25. The van der Waals surface area contributed by atoms with E-state index in [-0.39, 0.29) is 5.91 Å². The third kappa shape index (κ3) is 2.58. The number of nitrogens with one attached hydrogen (secondary N) is 1. The van der Waals surface area contributed by atoms with Crippen LogP contribution in [0.5, 0.6) is 0 Å². The van der Waals surface area contributed by atoms with Gasteiger partial charge < -0.3 is 10.2 Å². The maximum atomic E-state index is 12.0. The van der Waals surface area contributed by atoms with E-state index in [1.165, 1.54) is 0 Å². The molecule has 1 aromatic heterocycles. The minimum atomic E-state index is 0.278. The summed E-state index contributed by atoms with van der Waals surface area (Å²) in [5.74, 6) is 0.278. The zero-order chi connectivity index (χ0) is 12.4. The summed E-state index contributed by atoms with van der Waals surface area (Å²) in [6.07, 6.45) is 0.567. The second-order valence-corrected chi connectivity index (χ2v) is 5.83. The fourth-order valence-corrected chi connectivity index (χ4v) is 3.29. The lowest BCUT2D eigenvalue weighted by Gasteiger charge is -2.46. The molecule has 0 aliphatic carbocycles. The Bertz CT molecular complexity index is 394. The number of rotatable bonds is 3.